The Morgan fingerprint density at radius 2 is 2.09 bits per heavy atom. The molecule has 0 bridgehead atoms. The molecule has 1 aromatic carbocycles. The summed E-state index contributed by atoms with van der Waals surface area (Å²) < 4.78 is 1.58. The van der Waals surface area contributed by atoms with E-state index in [0.29, 0.717) is 18.1 Å². The van der Waals surface area contributed by atoms with E-state index < -0.39 is 0 Å². The standard InChI is InChI=1S/C14H21N7O/c1-15-8-3-4-9-16-14(22)17-12-7-5-6-11(10-12)13-18-19-20-21(13)2/h5-7,10,15H,3-4,8-9H2,1-2H3,(H2,16,17,22). The van der Waals surface area contributed by atoms with E-state index >= 15 is 0 Å². The van der Waals surface area contributed by atoms with Crippen LogP contribution in [0.5, 0.6) is 0 Å². The lowest BCUT2D eigenvalue weighted by atomic mass is 10.2. The van der Waals surface area contributed by atoms with Crippen molar-refractivity contribution >= 4 is 11.7 Å². The molecule has 8 nitrogen and oxygen atoms in total. The highest BCUT2D eigenvalue weighted by Gasteiger charge is 2.07. The molecule has 0 atom stereocenters. The third kappa shape index (κ3) is 4.52. The lowest BCUT2D eigenvalue weighted by molar-refractivity contribution is 0.252. The quantitative estimate of drug-likeness (QED) is 0.663. The Hall–Kier alpha value is -2.48. The van der Waals surface area contributed by atoms with E-state index in [-0.39, 0.29) is 6.03 Å². The van der Waals surface area contributed by atoms with E-state index in [4.69, 9.17) is 0 Å². The zero-order valence-corrected chi connectivity index (χ0v) is 12.8. The van der Waals surface area contributed by atoms with Crippen LogP contribution in [-0.2, 0) is 7.05 Å². The Bertz CT molecular complexity index is 611. The Morgan fingerprint density at radius 1 is 1.27 bits per heavy atom. The molecule has 8 heteroatoms. The van der Waals surface area contributed by atoms with Crippen molar-refractivity contribution in [3.63, 3.8) is 0 Å². The van der Waals surface area contributed by atoms with Crippen LogP contribution in [0.3, 0.4) is 0 Å². The van der Waals surface area contributed by atoms with Gasteiger partial charge in [-0.1, -0.05) is 12.1 Å². The van der Waals surface area contributed by atoms with Gasteiger partial charge in [0.05, 0.1) is 0 Å². The van der Waals surface area contributed by atoms with E-state index in [1.54, 1.807) is 11.7 Å². The van der Waals surface area contributed by atoms with Crippen LogP contribution in [0.4, 0.5) is 10.5 Å². The zero-order chi connectivity index (χ0) is 15.8. The first-order chi connectivity index (χ1) is 10.7. The molecule has 2 rings (SSSR count). The molecule has 118 valence electrons. The van der Waals surface area contributed by atoms with E-state index in [1.165, 1.54) is 0 Å². The maximum Gasteiger partial charge on any atom is 0.319 e. The van der Waals surface area contributed by atoms with Gasteiger partial charge in [0, 0.05) is 24.8 Å². The van der Waals surface area contributed by atoms with E-state index in [2.05, 4.69) is 31.5 Å². The number of aryl methyl sites for hydroxylation is 1. The molecule has 0 saturated heterocycles. The van der Waals surface area contributed by atoms with Crippen molar-refractivity contribution in [2.24, 2.45) is 7.05 Å². The number of carbonyl (C=O) groups excluding carboxylic acids is 1. The SMILES string of the molecule is CNCCCCNC(=O)Nc1cccc(-c2nnnn2C)c1. The number of tetrazole rings is 1. The fourth-order valence-electron chi connectivity index (χ4n) is 2.01. The van der Waals surface area contributed by atoms with Crippen LogP contribution in [-0.4, -0.2) is 46.4 Å². The first kappa shape index (κ1) is 15.9. The summed E-state index contributed by atoms with van der Waals surface area (Å²) in [5.41, 5.74) is 1.55. The van der Waals surface area contributed by atoms with Crippen molar-refractivity contribution in [2.45, 2.75) is 12.8 Å². The van der Waals surface area contributed by atoms with Gasteiger partial charge in [-0.2, -0.15) is 0 Å². The van der Waals surface area contributed by atoms with E-state index in [9.17, 15) is 4.79 Å². The number of anilines is 1. The highest BCUT2D eigenvalue weighted by atomic mass is 16.2. The highest BCUT2D eigenvalue weighted by Crippen LogP contribution is 2.19. The van der Waals surface area contributed by atoms with Crippen LogP contribution in [0.25, 0.3) is 11.4 Å². The minimum Gasteiger partial charge on any atom is -0.338 e. The second-order valence-corrected chi connectivity index (χ2v) is 4.90. The second-order valence-electron chi connectivity index (χ2n) is 4.90. The van der Waals surface area contributed by atoms with E-state index in [1.807, 2.05) is 31.3 Å². The van der Waals surface area contributed by atoms with Crippen LogP contribution in [0.1, 0.15) is 12.8 Å². The summed E-state index contributed by atoms with van der Waals surface area (Å²) in [5.74, 6) is 0.649. The number of amides is 2. The van der Waals surface area contributed by atoms with Crippen molar-refractivity contribution in [3.8, 4) is 11.4 Å². The predicted molar refractivity (Wildman–Crippen MR) is 84.4 cm³/mol. The van der Waals surface area contributed by atoms with Gasteiger partial charge in [0.2, 0.25) is 0 Å². The van der Waals surface area contributed by atoms with Crippen molar-refractivity contribution in [1.29, 1.82) is 0 Å². The largest absolute Gasteiger partial charge is 0.338 e. The molecule has 0 saturated carbocycles. The van der Waals surface area contributed by atoms with Crippen molar-refractivity contribution < 1.29 is 4.79 Å². The minimum absolute atomic E-state index is 0.210. The molecule has 0 spiro atoms. The fourth-order valence-corrected chi connectivity index (χ4v) is 2.01. The molecular formula is C14H21N7O. The molecule has 1 heterocycles. The molecule has 0 aliphatic heterocycles. The molecule has 0 unspecified atom stereocenters. The molecule has 3 N–H and O–H groups in total. The summed E-state index contributed by atoms with van der Waals surface area (Å²) in [6.07, 6.45) is 1.98. The highest BCUT2D eigenvalue weighted by molar-refractivity contribution is 5.89. The Balaban J connectivity index is 1.88. The van der Waals surface area contributed by atoms with Crippen LogP contribution < -0.4 is 16.0 Å². The molecule has 0 radical (unpaired) electrons. The van der Waals surface area contributed by atoms with Gasteiger partial charge in [-0.15, -0.1) is 5.10 Å². The van der Waals surface area contributed by atoms with Gasteiger partial charge in [0.15, 0.2) is 5.82 Å². The van der Waals surface area contributed by atoms with Crippen LogP contribution >= 0.6 is 0 Å². The first-order valence-corrected chi connectivity index (χ1v) is 7.23. The fraction of sp³-hybridized carbons (Fsp3) is 0.429. The number of unbranched alkanes of at least 4 members (excludes halogenated alkanes) is 1. The lowest BCUT2D eigenvalue weighted by Gasteiger charge is -2.08. The van der Waals surface area contributed by atoms with E-state index in [0.717, 1.165) is 24.9 Å². The van der Waals surface area contributed by atoms with Gasteiger partial charge in [0.25, 0.3) is 0 Å². The summed E-state index contributed by atoms with van der Waals surface area (Å²) in [7, 11) is 3.69. The average molecular weight is 303 g/mol. The van der Waals surface area contributed by atoms with Crippen molar-refractivity contribution in [2.75, 3.05) is 25.5 Å². The molecule has 0 fully saturated rings. The number of hydrogen-bond acceptors (Lipinski definition) is 5. The molecule has 0 aliphatic rings. The Labute approximate surface area is 129 Å². The number of hydrogen-bond donors (Lipinski definition) is 3. The minimum atomic E-state index is -0.210. The number of urea groups is 1. The monoisotopic (exact) mass is 303 g/mol. The summed E-state index contributed by atoms with van der Waals surface area (Å²) >= 11 is 0. The maximum atomic E-state index is 11.8. The van der Waals surface area contributed by atoms with Crippen molar-refractivity contribution in [3.05, 3.63) is 24.3 Å². The molecular weight excluding hydrogens is 282 g/mol. The van der Waals surface area contributed by atoms with Gasteiger partial charge in [-0.05, 0) is 49.0 Å². The average Bonchev–Trinajstić information content (AvgIpc) is 2.93. The number of aromatic nitrogens is 4. The molecule has 2 aromatic rings. The number of nitrogens with one attached hydrogen (secondary N) is 3. The number of carbonyl (C=O) groups is 1. The van der Waals surface area contributed by atoms with Gasteiger partial charge >= 0.3 is 6.03 Å². The van der Waals surface area contributed by atoms with Gasteiger partial charge in [0.1, 0.15) is 0 Å². The third-order valence-corrected chi connectivity index (χ3v) is 3.14. The lowest BCUT2D eigenvalue weighted by Crippen LogP contribution is -2.29. The van der Waals surface area contributed by atoms with Crippen LogP contribution in [0.15, 0.2) is 24.3 Å². The van der Waals surface area contributed by atoms with Gasteiger partial charge < -0.3 is 16.0 Å². The summed E-state index contributed by atoms with van der Waals surface area (Å²) in [6.45, 7) is 1.61. The summed E-state index contributed by atoms with van der Waals surface area (Å²) in [5, 5.41) is 20.1. The smallest absolute Gasteiger partial charge is 0.319 e. The normalized spacial score (nSPS) is 10.5. The zero-order valence-electron chi connectivity index (χ0n) is 12.8. The van der Waals surface area contributed by atoms with Crippen molar-refractivity contribution in [1.82, 2.24) is 30.8 Å². The number of rotatable bonds is 7. The predicted octanol–water partition coefficient (Wildman–Crippen LogP) is 0.998. The second kappa shape index (κ2) is 8.08. The van der Waals surface area contributed by atoms with Gasteiger partial charge in [-0.3, -0.25) is 0 Å². The third-order valence-electron chi connectivity index (χ3n) is 3.14. The Morgan fingerprint density at radius 3 is 2.82 bits per heavy atom. The number of nitrogens with zero attached hydrogens (tertiary/aromatic N) is 4. The van der Waals surface area contributed by atoms with Crippen LogP contribution in [0.2, 0.25) is 0 Å². The first-order valence-electron chi connectivity index (χ1n) is 7.23. The molecule has 2 amide bonds. The molecule has 0 aliphatic carbocycles. The molecule has 1 aromatic heterocycles. The summed E-state index contributed by atoms with van der Waals surface area (Å²) in [4.78, 5) is 11.8. The van der Waals surface area contributed by atoms with Gasteiger partial charge in [-0.25, -0.2) is 9.48 Å². The Kier molecular flexibility index (Phi) is 5.84. The van der Waals surface area contributed by atoms with Crippen LogP contribution in [0, 0.1) is 0 Å². The molecule has 22 heavy (non-hydrogen) atoms. The summed E-state index contributed by atoms with van der Waals surface area (Å²) in [6, 6.07) is 7.21. The topological polar surface area (TPSA) is 96.8 Å². The number of benzene rings is 1. The maximum absolute atomic E-state index is 11.8.